The highest BCUT2D eigenvalue weighted by molar-refractivity contribution is 5.73. The van der Waals surface area contributed by atoms with Crippen molar-refractivity contribution in [3.05, 3.63) is 93.2 Å². The molecule has 3 aliphatic heterocycles. The van der Waals surface area contributed by atoms with E-state index in [9.17, 15) is 36.0 Å². The Morgan fingerprint density at radius 2 is 1.60 bits per heavy atom. The molecule has 1 saturated heterocycles. The number of nitroso groups, excluding NO2 is 1. The largest absolute Gasteiger partial charge is 0.456 e. The van der Waals surface area contributed by atoms with E-state index in [4.69, 9.17) is 4.74 Å². The number of carbonyl (C=O) groups excluding carboxylic acids is 1. The molecular formula is C29H30F6N5O3+. The molecule has 2 atom stereocenters. The Morgan fingerprint density at radius 3 is 2.19 bits per heavy atom. The summed E-state index contributed by atoms with van der Waals surface area (Å²) in [5.41, 5.74) is -2.18. The maximum atomic E-state index is 14.3. The van der Waals surface area contributed by atoms with Crippen molar-refractivity contribution >= 4 is 11.6 Å². The van der Waals surface area contributed by atoms with E-state index < -0.39 is 42.2 Å². The van der Waals surface area contributed by atoms with Gasteiger partial charge in [0, 0.05) is 61.8 Å². The van der Waals surface area contributed by atoms with E-state index >= 15 is 0 Å². The summed E-state index contributed by atoms with van der Waals surface area (Å²) in [6.45, 7) is 3.68. The summed E-state index contributed by atoms with van der Waals surface area (Å²) < 4.78 is 88.8. The standard InChI is InChI=1S/C29H30F6N5O3/c1-18(41)38-7-9-39(10-8-38)26-15-24(20-5-3-2-4-6-20)40(42)25(23-16-36-17-37-27(23)43-26)13-19-11-21(28(30,31)32)14-22(12-19)29(33,34)35/h2-6,11-12,14-15,25-26,36-37H,7-10,13,16-17H2,1H3/q+1. The van der Waals surface area contributed by atoms with Gasteiger partial charge in [0.25, 0.3) is 5.70 Å². The molecule has 3 heterocycles. The van der Waals surface area contributed by atoms with Crippen molar-refractivity contribution in [3.8, 4) is 0 Å². The topological polar surface area (TPSA) is 76.9 Å². The van der Waals surface area contributed by atoms with Gasteiger partial charge in [-0.1, -0.05) is 18.2 Å². The molecule has 0 spiro atoms. The molecule has 0 saturated carbocycles. The molecule has 3 aliphatic rings. The van der Waals surface area contributed by atoms with Crippen LogP contribution in [0.1, 0.15) is 29.2 Å². The SMILES string of the molecule is CC(=O)N1CCN(C2C=C(c3ccccc3)[N+](=O)C(Cc3cc(C(F)(F)F)cc(C(F)(F)F)c3)C3=C(NCNC3)O2)CC1. The summed E-state index contributed by atoms with van der Waals surface area (Å²) in [5.74, 6) is 0.176. The van der Waals surface area contributed by atoms with Gasteiger partial charge in [-0.15, -0.1) is 0 Å². The number of hydrogen-bond acceptors (Lipinski definition) is 6. The summed E-state index contributed by atoms with van der Waals surface area (Å²) in [6, 6.07) is 8.74. The van der Waals surface area contributed by atoms with Crippen molar-refractivity contribution in [1.82, 2.24) is 20.4 Å². The van der Waals surface area contributed by atoms with Crippen molar-refractivity contribution in [2.24, 2.45) is 0 Å². The fraction of sp³-hybridized carbons (Fsp3) is 0.414. The van der Waals surface area contributed by atoms with Crippen LogP contribution in [0.25, 0.3) is 5.70 Å². The molecule has 0 aliphatic carbocycles. The van der Waals surface area contributed by atoms with Gasteiger partial charge in [-0.2, -0.15) is 26.3 Å². The number of rotatable bonds is 4. The maximum Gasteiger partial charge on any atom is 0.416 e. The molecule has 2 N–H and O–H groups in total. The second kappa shape index (κ2) is 12.0. The second-order valence-electron chi connectivity index (χ2n) is 10.6. The molecule has 2 aromatic carbocycles. The Balaban J connectivity index is 1.58. The highest BCUT2D eigenvalue weighted by atomic mass is 19.4. The van der Waals surface area contributed by atoms with E-state index in [0.717, 1.165) is 0 Å². The fourth-order valence-electron chi connectivity index (χ4n) is 5.46. The molecule has 1 amide bonds. The first-order chi connectivity index (χ1) is 20.3. The van der Waals surface area contributed by atoms with Crippen LogP contribution in [0.5, 0.6) is 0 Å². The zero-order valence-corrected chi connectivity index (χ0v) is 23.1. The summed E-state index contributed by atoms with van der Waals surface area (Å²) in [6.07, 6.45) is -9.63. The molecule has 0 aromatic heterocycles. The lowest BCUT2D eigenvalue weighted by Crippen LogP contribution is -2.53. The van der Waals surface area contributed by atoms with E-state index in [1.807, 2.05) is 4.90 Å². The van der Waals surface area contributed by atoms with Crippen molar-refractivity contribution in [2.75, 3.05) is 39.4 Å². The van der Waals surface area contributed by atoms with Crippen molar-refractivity contribution in [3.63, 3.8) is 0 Å². The van der Waals surface area contributed by atoms with Gasteiger partial charge in [-0.25, -0.2) is 0 Å². The van der Waals surface area contributed by atoms with Gasteiger partial charge in [-0.05, 0) is 35.9 Å². The smallest absolute Gasteiger partial charge is 0.416 e. The minimum absolute atomic E-state index is 0.0550. The first-order valence-corrected chi connectivity index (χ1v) is 13.7. The number of amides is 1. The summed E-state index contributed by atoms with van der Waals surface area (Å²) in [5, 5.41) is 6.10. The first-order valence-electron chi connectivity index (χ1n) is 13.7. The lowest BCUT2D eigenvalue weighted by Gasteiger charge is -2.39. The Kier molecular flexibility index (Phi) is 8.52. The van der Waals surface area contributed by atoms with Crippen LogP contribution < -0.4 is 10.6 Å². The Bertz CT molecular complexity index is 1400. The molecule has 2 aromatic rings. The number of alkyl halides is 6. The third-order valence-electron chi connectivity index (χ3n) is 7.71. The molecule has 230 valence electrons. The number of nitrogens with one attached hydrogen (secondary N) is 2. The maximum absolute atomic E-state index is 14.3. The van der Waals surface area contributed by atoms with Crippen molar-refractivity contribution < 1.29 is 40.6 Å². The van der Waals surface area contributed by atoms with Crippen LogP contribution in [0.4, 0.5) is 26.3 Å². The van der Waals surface area contributed by atoms with Crippen molar-refractivity contribution in [1.29, 1.82) is 0 Å². The normalized spacial score (nSPS) is 22.2. The molecule has 5 rings (SSSR count). The monoisotopic (exact) mass is 610 g/mol. The van der Waals surface area contributed by atoms with E-state index in [1.54, 1.807) is 41.3 Å². The Hall–Kier alpha value is -3.91. The van der Waals surface area contributed by atoms with Crippen LogP contribution in [0, 0.1) is 4.91 Å². The number of benzene rings is 2. The zero-order valence-electron chi connectivity index (χ0n) is 23.1. The minimum Gasteiger partial charge on any atom is -0.456 e. The van der Waals surface area contributed by atoms with Gasteiger partial charge >= 0.3 is 12.4 Å². The molecular weight excluding hydrogens is 580 g/mol. The Labute approximate surface area is 243 Å². The average molecular weight is 611 g/mol. The van der Waals surface area contributed by atoms with Crippen LogP contribution >= 0.6 is 0 Å². The molecule has 1 fully saturated rings. The molecule has 43 heavy (non-hydrogen) atoms. The second-order valence-corrected chi connectivity index (χ2v) is 10.6. The third-order valence-corrected chi connectivity index (χ3v) is 7.71. The van der Waals surface area contributed by atoms with Crippen molar-refractivity contribution in [2.45, 2.75) is 38.0 Å². The van der Waals surface area contributed by atoms with Gasteiger partial charge in [-0.3, -0.25) is 15.0 Å². The van der Waals surface area contributed by atoms with E-state index in [0.29, 0.717) is 54.2 Å². The molecule has 2 unspecified atom stereocenters. The number of piperazine rings is 1. The highest BCUT2D eigenvalue weighted by Crippen LogP contribution is 2.38. The van der Waals surface area contributed by atoms with Crippen LogP contribution in [-0.4, -0.2) is 72.1 Å². The Morgan fingerprint density at radius 1 is 0.977 bits per heavy atom. The zero-order chi connectivity index (χ0) is 30.9. The predicted octanol–water partition coefficient (Wildman–Crippen LogP) is 4.34. The van der Waals surface area contributed by atoms with Crippen LogP contribution in [-0.2, 0) is 28.3 Å². The van der Waals surface area contributed by atoms with Gasteiger partial charge in [0.15, 0.2) is 12.1 Å². The van der Waals surface area contributed by atoms with Gasteiger partial charge < -0.3 is 15.0 Å². The van der Waals surface area contributed by atoms with Crippen LogP contribution in [0.15, 0.2) is 66.1 Å². The summed E-state index contributed by atoms with van der Waals surface area (Å²) in [7, 11) is 0. The summed E-state index contributed by atoms with van der Waals surface area (Å²) >= 11 is 0. The molecule has 0 radical (unpaired) electrons. The summed E-state index contributed by atoms with van der Waals surface area (Å²) in [4.78, 5) is 29.8. The first kappa shape index (κ1) is 30.5. The number of nitrogens with zero attached hydrogens (tertiary/aromatic N) is 3. The lowest BCUT2D eigenvalue weighted by molar-refractivity contribution is -0.489. The predicted molar refractivity (Wildman–Crippen MR) is 144 cm³/mol. The van der Waals surface area contributed by atoms with Crippen LogP contribution in [0.2, 0.25) is 0 Å². The fourth-order valence-corrected chi connectivity index (χ4v) is 5.46. The van der Waals surface area contributed by atoms with E-state index in [-0.39, 0.29) is 42.3 Å². The lowest BCUT2D eigenvalue weighted by atomic mass is 9.93. The van der Waals surface area contributed by atoms with Crippen LogP contribution in [0.3, 0.4) is 0 Å². The van der Waals surface area contributed by atoms with Gasteiger partial charge in [0.05, 0.1) is 28.9 Å². The van der Waals surface area contributed by atoms with Gasteiger partial charge in [0.2, 0.25) is 11.9 Å². The molecule has 0 bridgehead atoms. The highest BCUT2D eigenvalue weighted by Gasteiger charge is 2.43. The van der Waals surface area contributed by atoms with E-state index in [1.165, 1.54) is 6.92 Å². The van der Waals surface area contributed by atoms with E-state index in [2.05, 4.69) is 10.6 Å². The number of halogens is 6. The molecule has 8 nitrogen and oxygen atoms in total. The quantitative estimate of drug-likeness (QED) is 0.397. The average Bonchev–Trinajstić information content (AvgIpc) is 2.97. The number of carbonyl (C=O) groups is 1. The molecule has 14 heteroatoms. The number of hydrogen-bond donors (Lipinski definition) is 2. The van der Waals surface area contributed by atoms with Gasteiger partial charge in [0.1, 0.15) is 0 Å². The number of ether oxygens (including phenoxy) is 1. The third kappa shape index (κ3) is 6.85. The minimum atomic E-state index is -5.02.